The van der Waals surface area contributed by atoms with E-state index in [-0.39, 0.29) is 5.41 Å². The smallest absolute Gasteiger partial charge is 0.417 e. The Bertz CT molecular complexity index is 108. The summed E-state index contributed by atoms with van der Waals surface area (Å²) in [6.07, 6.45) is 3.48. The summed E-state index contributed by atoms with van der Waals surface area (Å²) in [5.41, 5.74) is 0.118. The third kappa shape index (κ3) is 5.89. The van der Waals surface area contributed by atoms with Gasteiger partial charge in [-0.1, -0.05) is 33.6 Å². The molecule has 0 N–H and O–H groups in total. The van der Waals surface area contributed by atoms with Crippen molar-refractivity contribution in [1.82, 2.24) is 0 Å². The number of hydrogen-bond donors (Lipinski definition) is 0. The molecule has 0 fully saturated rings. The molecule has 0 unspecified atom stereocenters. The summed E-state index contributed by atoms with van der Waals surface area (Å²) in [5.74, 6) is 0. The number of carbonyl (C=O) groups excluding carboxylic acids is 1. The van der Waals surface area contributed by atoms with Crippen LogP contribution in [-0.2, 0) is 9.53 Å². The lowest BCUT2D eigenvalue weighted by molar-refractivity contribution is 0.150. The van der Waals surface area contributed by atoms with Crippen molar-refractivity contribution in [2.75, 3.05) is 6.61 Å². The summed E-state index contributed by atoms with van der Waals surface area (Å²) >= 11 is 0. The van der Waals surface area contributed by atoms with Gasteiger partial charge in [0.2, 0.25) is 0 Å². The molecule has 0 aliphatic heterocycles. The maximum absolute atomic E-state index is 9.78. The van der Waals surface area contributed by atoms with E-state index in [0.29, 0.717) is 6.61 Å². The lowest BCUT2D eigenvalue weighted by Gasteiger charge is -2.22. The van der Waals surface area contributed by atoms with Crippen LogP contribution in [0.1, 0.15) is 40.0 Å². The van der Waals surface area contributed by atoms with E-state index in [1.165, 1.54) is 19.3 Å². The second-order valence-electron chi connectivity index (χ2n) is 3.64. The lowest BCUT2D eigenvalue weighted by Crippen LogP contribution is -2.18. The Balaban J connectivity index is 3.51. The van der Waals surface area contributed by atoms with E-state index in [0.717, 1.165) is 6.42 Å². The molecule has 0 heterocycles. The predicted molar refractivity (Wildman–Crippen MR) is 45.0 cm³/mol. The average Bonchev–Trinajstić information content (AvgIpc) is 1.97. The molecule has 0 aromatic carbocycles. The molecule has 65 valence electrons. The maximum Gasteiger partial charge on any atom is 0.417 e. The molecule has 0 aliphatic rings. The van der Waals surface area contributed by atoms with Gasteiger partial charge in [0.25, 0.3) is 0 Å². The van der Waals surface area contributed by atoms with E-state index < -0.39 is 0 Å². The van der Waals surface area contributed by atoms with E-state index in [2.05, 4.69) is 25.5 Å². The van der Waals surface area contributed by atoms with E-state index in [9.17, 15) is 4.79 Å². The molecule has 0 aromatic heterocycles. The van der Waals surface area contributed by atoms with Gasteiger partial charge in [0, 0.05) is 0 Å². The summed E-state index contributed by atoms with van der Waals surface area (Å²) < 4.78 is 4.59. The Morgan fingerprint density at radius 1 is 1.45 bits per heavy atom. The minimum absolute atomic E-state index is 0.118. The van der Waals surface area contributed by atoms with Crippen LogP contribution < -0.4 is 0 Å². The Morgan fingerprint density at radius 3 is 2.55 bits per heavy atom. The van der Waals surface area contributed by atoms with Gasteiger partial charge < -0.3 is 4.74 Å². The Kier molecular flexibility index (Phi) is 4.92. The molecule has 0 aliphatic carbocycles. The highest BCUT2D eigenvalue weighted by atomic mass is 16.5. The number of unbranched alkanes of at least 4 members (excludes halogenated alkanes) is 1. The van der Waals surface area contributed by atoms with Gasteiger partial charge in [-0.2, -0.15) is 0 Å². The van der Waals surface area contributed by atoms with Crippen molar-refractivity contribution in [3.63, 3.8) is 0 Å². The van der Waals surface area contributed by atoms with Crippen LogP contribution >= 0.6 is 0 Å². The van der Waals surface area contributed by atoms with E-state index in [4.69, 9.17) is 0 Å². The highest BCUT2D eigenvalue weighted by Crippen LogP contribution is 2.22. The van der Waals surface area contributed by atoms with Gasteiger partial charge in [0.1, 0.15) is 0 Å². The highest BCUT2D eigenvalue weighted by molar-refractivity contribution is 5.38. The van der Waals surface area contributed by atoms with Crippen molar-refractivity contribution in [2.24, 2.45) is 5.41 Å². The average molecular weight is 157 g/mol. The molecule has 0 saturated carbocycles. The minimum atomic E-state index is 0.118. The van der Waals surface area contributed by atoms with Gasteiger partial charge in [-0.25, -0.2) is 4.79 Å². The van der Waals surface area contributed by atoms with Crippen LogP contribution in [0, 0.1) is 5.41 Å². The van der Waals surface area contributed by atoms with Gasteiger partial charge in [-0.15, -0.1) is 0 Å². The molecule has 11 heavy (non-hydrogen) atoms. The van der Waals surface area contributed by atoms with Crippen LogP contribution in [0.5, 0.6) is 0 Å². The van der Waals surface area contributed by atoms with Crippen molar-refractivity contribution < 1.29 is 9.53 Å². The SMILES string of the molecule is CCCCC(C)(C)CO[C]=O. The zero-order valence-electron chi connectivity index (χ0n) is 7.64. The monoisotopic (exact) mass is 157 g/mol. The molecule has 0 atom stereocenters. The fourth-order valence-electron chi connectivity index (χ4n) is 0.952. The standard InChI is InChI=1S/C9H17O2/c1-4-5-6-9(2,3)7-11-8-10/h4-7H2,1-3H3. The van der Waals surface area contributed by atoms with Gasteiger partial charge in [0.05, 0.1) is 6.61 Å². The van der Waals surface area contributed by atoms with Gasteiger partial charge >= 0.3 is 6.47 Å². The zero-order valence-corrected chi connectivity index (χ0v) is 7.64. The molecule has 2 heteroatoms. The van der Waals surface area contributed by atoms with Crippen molar-refractivity contribution in [3.8, 4) is 0 Å². The highest BCUT2D eigenvalue weighted by Gasteiger charge is 2.17. The van der Waals surface area contributed by atoms with E-state index in [1.54, 1.807) is 0 Å². The Labute approximate surface area is 68.9 Å². The van der Waals surface area contributed by atoms with Crippen LogP contribution in [0.25, 0.3) is 0 Å². The number of hydrogen-bond acceptors (Lipinski definition) is 2. The first-order chi connectivity index (χ1) is 5.12. The van der Waals surface area contributed by atoms with E-state index >= 15 is 0 Å². The second-order valence-corrected chi connectivity index (χ2v) is 3.64. The molecule has 0 spiro atoms. The molecule has 0 aromatic rings. The molecule has 1 radical (unpaired) electrons. The second kappa shape index (κ2) is 5.16. The molecular weight excluding hydrogens is 140 g/mol. The fraction of sp³-hybridized carbons (Fsp3) is 0.889. The molecule has 0 saturated heterocycles. The first-order valence-electron chi connectivity index (χ1n) is 4.11. The predicted octanol–water partition coefficient (Wildman–Crippen LogP) is 2.29. The Morgan fingerprint density at radius 2 is 2.09 bits per heavy atom. The van der Waals surface area contributed by atoms with Crippen LogP contribution in [-0.4, -0.2) is 13.1 Å². The zero-order chi connectivity index (χ0) is 8.74. The minimum Gasteiger partial charge on any atom is -0.457 e. The summed E-state index contributed by atoms with van der Waals surface area (Å²) in [7, 11) is 0. The summed E-state index contributed by atoms with van der Waals surface area (Å²) in [4.78, 5) is 9.78. The largest absolute Gasteiger partial charge is 0.457 e. The lowest BCUT2D eigenvalue weighted by atomic mass is 9.88. The van der Waals surface area contributed by atoms with Crippen molar-refractivity contribution in [2.45, 2.75) is 40.0 Å². The molecule has 0 bridgehead atoms. The molecular formula is C9H17O2. The normalized spacial score (nSPS) is 11.2. The van der Waals surface area contributed by atoms with Crippen molar-refractivity contribution in [3.05, 3.63) is 0 Å². The van der Waals surface area contributed by atoms with Crippen LogP contribution in [0.2, 0.25) is 0 Å². The van der Waals surface area contributed by atoms with E-state index in [1.807, 2.05) is 0 Å². The number of ether oxygens (including phenoxy) is 1. The van der Waals surface area contributed by atoms with Crippen LogP contribution in [0.15, 0.2) is 0 Å². The van der Waals surface area contributed by atoms with Crippen molar-refractivity contribution in [1.29, 1.82) is 0 Å². The summed E-state index contributed by atoms with van der Waals surface area (Å²) in [6, 6.07) is 0. The summed E-state index contributed by atoms with van der Waals surface area (Å²) in [5, 5.41) is 0. The Hall–Kier alpha value is -0.530. The first-order valence-corrected chi connectivity index (χ1v) is 4.11. The fourth-order valence-corrected chi connectivity index (χ4v) is 0.952. The first kappa shape index (κ1) is 10.5. The van der Waals surface area contributed by atoms with Crippen LogP contribution in [0.4, 0.5) is 0 Å². The molecule has 0 rings (SSSR count). The third-order valence-corrected chi connectivity index (χ3v) is 1.73. The molecule has 2 nitrogen and oxygen atoms in total. The quantitative estimate of drug-likeness (QED) is 0.591. The van der Waals surface area contributed by atoms with Crippen LogP contribution in [0.3, 0.4) is 0 Å². The maximum atomic E-state index is 9.78. The molecule has 0 amide bonds. The summed E-state index contributed by atoms with van der Waals surface area (Å²) in [6.45, 7) is 8.28. The van der Waals surface area contributed by atoms with Gasteiger partial charge in [0.15, 0.2) is 0 Å². The topological polar surface area (TPSA) is 26.3 Å². The van der Waals surface area contributed by atoms with Crippen molar-refractivity contribution >= 4 is 6.47 Å². The van der Waals surface area contributed by atoms with Gasteiger partial charge in [-0.05, 0) is 11.8 Å². The van der Waals surface area contributed by atoms with Gasteiger partial charge in [-0.3, -0.25) is 0 Å². The third-order valence-electron chi connectivity index (χ3n) is 1.73. The number of rotatable bonds is 6.